The fraction of sp³-hybridized carbons (Fsp3) is 0.263. The van der Waals surface area contributed by atoms with Gasteiger partial charge >= 0.3 is 0 Å². The molecular weight excluding hydrogens is 302 g/mol. The van der Waals surface area contributed by atoms with Crippen LogP contribution in [-0.4, -0.2) is 35.8 Å². The predicted molar refractivity (Wildman–Crippen MR) is 93.8 cm³/mol. The van der Waals surface area contributed by atoms with Gasteiger partial charge in [-0.1, -0.05) is 36.4 Å². The standard InChI is InChI=1S/C19H21N3O2/c1-13(23)21-16-9-5-8-15(10-16)19(24)22-11-17(18(20)12-22)14-6-3-2-4-7-14/h2-10,17-18H,11-12,20H2,1H3,(H,21,23)/t17-,18+/m0/s1. The molecule has 0 aromatic heterocycles. The first-order valence-electron chi connectivity index (χ1n) is 8.02. The Kier molecular flexibility index (Phi) is 4.62. The van der Waals surface area contributed by atoms with E-state index in [1.54, 1.807) is 29.2 Å². The monoisotopic (exact) mass is 323 g/mol. The van der Waals surface area contributed by atoms with Crippen LogP contribution in [0.25, 0.3) is 0 Å². The second-order valence-electron chi connectivity index (χ2n) is 6.15. The molecule has 1 aliphatic heterocycles. The first kappa shape index (κ1) is 16.2. The molecule has 5 nitrogen and oxygen atoms in total. The number of hydrogen-bond acceptors (Lipinski definition) is 3. The van der Waals surface area contributed by atoms with Crippen molar-refractivity contribution < 1.29 is 9.59 Å². The summed E-state index contributed by atoms with van der Waals surface area (Å²) in [6.07, 6.45) is 0. The number of nitrogens with one attached hydrogen (secondary N) is 1. The lowest BCUT2D eigenvalue weighted by Gasteiger charge is -2.17. The van der Waals surface area contributed by atoms with E-state index in [0.29, 0.717) is 24.3 Å². The van der Waals surface area contributed by atoms with E-state index in [1.807, 2.05) is 18.2 Å². The maximum absolute atomic E-state index is 12.8. The number of hydrogen-bond donors (Lipinski definition) is 2. The fourth-order valence-electron chi connectivity index (χ4n) is 3.16. The number of likely N-dealkylation sites (tertiary alicyclic amines) is 1. The second kappa shape index (κ2) is 6.84. The average molecular weight is 323 g/mol. The smallest absolute Gasteiger partial charge is 0.254 e. The van der Waals surface area contributed by atoms with Crippen LogP contribution in [0.2, 0.25) is 0 Å². The maximum atomic E-state index is 12.8. The Hall–Kier alpha value is -2.66. The van der Waals surface area contributed by atoms with Gasteiger partial charge in [0.15, 0.2) is 0 Å². The third-order valence-electron chi connectivity index (χ3n) is 4.31. The van der Waals surface area contributed by atoms with Gasteiger partial charge in [-0.25, -0.2) is 0 Å². The molecule has 3 N–H and O–H groups in total. The highest BCUT2D eigenvalue weighted by Gasteiger charge is 2.34. The molecule has 124 valence electrons. The number of nitrogens with zero attached hydrogens (tertiary/aromatic N) is 1. The van der Waals surface area contributed by atoms with Gasteiger partial charge in [0.2, 0.25) is 5.91 Å². The Morgan fingerprint density at radius 1 is 1.08 bits per heavy atom. The summed E-state index contributed by atoms with van der Waals surface area (Å²) in [7, 11) is 0. The zero-order valence-corrected chi connectivity index (χ0v) is 13.6. The Morgan fingerprint density at radius 2 is 1.83 bits per heavy atom. The molecule has 2 aromatic rings. The molecule has 24 heavy (non-hydrogen) atoms. The van der Waals surface area contributed by atoms with E-state index in [2.05, 4.69) is 17.4 Å². The molecular formula is C19H21N3O2. The molecule has 0 unspecified atom stereocenters. The zero-order valence-electron chi connectivity index (χ0n) is 13.6. The highest BCUT2D eigenvalue weighted by atomic mass is 16.2. The van der Waals surface area contributed by atoms with Crippen molar-refractivity contribution in [1.29, 1.82) is 0 Å². The van der Waals surface area contributed by atoms with E-state index in [9.17, 15) is 9.59 Å². The van der Waals surface area contributed by atoms with Crippen molar-refractivity contribution in [3.63, 3.8) is 0 Å². The quantitative estimate of drug-likeness (QED) is 0.909. The minimum Gasteiger partial charge on any atom is -0.336 e. The van der Waals surface area contributed by atoms with Crippen LogP contribution in [0, 0.1) is 0 Å². The summed E-state index contributed by atoms with van der Waals surface area (Å²) in [5.41, 5.74) is 8.60. The van der Waals surface area contributed by atoms with Gasteiger partial charge in [0.25, 0.3) is 5.91 Å². The Balaban J connectivity index is 1.75. The molecule has 5 heteroatoms. The van der Waals surface area contributed by atoms with Crippen LogP contribution < -0.4 is 11.1 Å². The summed E-state index contributed by atoms with van der Waals surface area (Å²) in [6.45, 7) is 2.58. The van der Waals surface area contributed by atoms with Gasteiger partial charge in [-0.2, -0.15) is 0 Å². The fourth-order valence-corrected chi connectivity index (χ4v) is 3.16. The van der Waals surface area contributed by atoms with Gasteiger partial charge < -0.3 is 16.0 Å². The lowest BCUT2D eigenvalue weighted by molar-refractivity contribution is -0.114. The lowest BCUT2D eigenvalue weighted by atomic mass is 9.95. The summed E-state index contributed by atoms with van der Waals surface area (Å²) >= 11 is 0. The molecule has 2 aromatic carbocycles. The van der Waals surface area contributed by atoms with E-state index in [1.165, 1.54) is 6.92 Å². The highest BCUT2D eigenvalue weighted by molar-refractivity contribution is 5.97. The van der Waals surface area contributed by atoms with Gasteiger partial charge in [0, 0.05) is 43.2 Å². The summed E-state index contributed by atoms with van der Waals surface area (Å²) < 4.78 is 0. The van der Waals surface area contributed by atoms with Crippen LogP contribution in [0.5, 0.6) is 0 Å². The summed E-state index contributed by atoms with van der Waals surface area (Å²) in [6, 6.07) is 17.0. The third kappa shape index (κ3) is 3.46. The summed E-state index contributed by atoms with van der Waals surface area (Å²) in [5, 5.41) is 2.70. The number of benzene rings is 2. The number of rotatable bonds is 3. The first-order chi connectivity index (χ1) is 11.5. The Labute approximate surface area is 141 Å². The largest absolute Gasteiger partial charge is 0.336 e. The van der Waals surface area contributed by atoms with Crippen molar-refractivity contribution in [2.45, 2.75) is 18.9 Å². The average Bonchev–Trinajstić information content (AvgIpc) is 2.96. The van der Waals surface area contributed by atoms with Gasteiger partial charge in [0.1, 0.15) is 0 Å². The van der Waals surface area contributed by atoms with E-state index in [4.69, 9.17) is 5.73 Å². The van der Waals surface area contributed by atoms with Crippen molar-refractivity contribution in [3.8, 4) is 0 Å². The number of carbonyl (C=O) groups excluding carboxylic acids is 2. The summed E-state index contributed by atoms with van der Waals surface area (Å²) in [4.78, 5) is 25.7. The second-order valence-corrected chi connectivity index (χ2v) is 6.15. The van der Waals surface area contributed by atoms with Crippen LogP contribution in [0.4, 0.5) is 5.69 Å². The molecule has 1 fully saturated rings. The number of anilines is 1. The molecule has 1 aliphatic rings. The number of nitrogens with two attached hydrogens (primary N) is 1. The minimum atomic E-state index is -0.160. The van der Waals surface area contributed by atoms with Crippen LogP contribution in [0.15, 0.2) is 54.6 Å². The SMILES string of the molecule is CC(=O)Nc1cccc(C(=O)N2C[C@@H](N)[C@H](c3ccccc3)C2)c1. The van der Waals surface area contributed by atoms with Gasteiger partial charge in [0.05, 0.1) is 0 Å². The van der Waals surface area contributed by atoms with Crippen LogP contribution >= 0.6 is 0 Å². The van der Waals surface area contributed by atoms with E-state index in [-0.39, 0.29) is 23.8 Å². The van der Waals surface area contributed by atoms with E-state index >= 15 is 0 Å². The topological polar surface area (TPSA) is 75.4 Å². The molecule has 1 saturated heterocycles. The number of carbonyl (C=O) groups is 2. The van der Waals surface area contributed by atoms with Gasteiger partial charge in [-0.05, 0) is 23.8 Å². The molecule has 1 heterocycles. The number of amides is 2. The first-order valence-corrected chi connectivity index (χ1v) is 8.02. The minimum absolute atomic E-state index is 0.0592. The van der Waals surface area contributed by atoms with E-state index < -0.39 is 0 Å². The van der Waals surface area contributed by atoms with E-state index in [0.717, 1.165) is 5.56 Å². The molecule has 0 radical (unpaired) electrons. The molecule has 0 spiro atoms. The van der Waals surface area contributed by atoms with Crippen molar-refractivity contribution in [1.82, 2.24) is 4.90 Å². The maximum Gasteiger partial charge on any atom is 0.254 e. The Bertz CT molecular complexity index is 745. The van der Waals surface area contributed by atoms with Crippen molar-refractivity contribution in [2.24, 2.45) is 5.73 Å². The van der Waals surface area contributed by atoms with Crippen LogP contribution in [0.3, 0.4) is 0 Å². The lowest BCUT2D eigenvalue weighted by Crippen LogP contribution is -2.32. The molecule has 0 bridgehead atoms. The predicted octanol–water partition coefficient (Wildman–Crippen LogP) is 2.21. The van der Waals surface area contributed by atoms with Crippen molar-refractivity contribution in [2.75, 3.05) is 18.4 Å². The van der Waals surface area contributed by atoms with Crippen LogP contribution in [0.1, 0.15) is 28.8 Å². The van der Waals surface area contributed by atoms with Crippen molar-refractivity contribution in [3.05, 3.63) is 65.7 Å². The zero-order chi connectivity index (χ0) is 17.1. The Morgan fingerprint density at radius 3 is 2.54 bits per heavy atom. The molecule has 0 saturated carbocycles. The van der Waals surface area contributed by atoms with Crippen LogP contribution in [-0.2, 0) is 4.79 Å². The molecule has 2 atom stereocenters. The molecule has 2 amide bonds. The summed E-state index contributed by atoms with van der Waals surface area (Å²) in [5.74, 6) is -0.0725. The van der Waals surface area contributed by atoms with Gasteiger partial charge in [-0.3, -0.25) is 9.59 Å². The van der Waals surface area contributed by atoms with Crippen molar-refractivity contribution >= 4 is 17.5 Å². The molecule has 3 rings (SSSR count). The molecule has 0 aliphatic carbocycles. The third-order valence-corrected chi connectivity index (χ3v) is 4.31. The highest BCUT2D eigenvalue weighted by Crippen LogP contribution is 2.27. The van der Waals surface area contributed by atoms with Gasteiger partial charge in [-0.15, -0.1) is 0 Å². The normalized spacial score (nSPS) is 20.0.